The summed E-state index contributed by atoms with van der Waals surface area (Å²) in [5, 5.41) is 0. The lowest BCUT2D eigenvalue weighted by Gasteiger charge is -2.23. The molecule has 6 nitrogen and oxygen atoms in total. The Kier molecular flexibility index (Phi) is 5.20. The molecule has 0 fully saturated rings. The van der Waals surface area contributed by atoms with E-state index in [9.17, 15) is 16.8 Å². The maximum Gasteiger partial charge on any atom is 0.240 e. The summed E-state index contributed by atoms with van der Waals surface area (Å²) >= 11 is 0. The van der Waals surface area contributed by atoms with Gasteiger partial charge in [0.2, 0.25) is 10.0 Å². The number of benzene rings is 1. The summed E-state index contributed by atoms with van der Waals surface area (Å²) in [6.45, 7) is 4.78. The van der Waals surface area contributed by atoms with Crippen LogP contribution in [0.4, 0.5) is 0 Å². The molecule has 120 valence electrons. The van der Waals surface area contributed by atoms with E-state index in [0.29, 0.717) is 12.1 Å². The molecule has 0 aliphatic rings. The van der Waals surface area contributed by atoms with Crippen LogP contribution in [0.5, 0.6) is 0 Å². The van der Waals surface area contributed by atoms with Crippen molar-refractivity contribution in [1.29, 1.82) is 0 Å². The monoisotopic (exact) mass is 334 g/mol. The van der Waals surface area contributed by atoms with Crippen molar-refractivity contribution < 1.29 is 16.8 Å². The Morgan fingerprint density at radius 3 is 2.19 bits per heavy atom. The van der Waals surface area contributed by atoms with Crippen molar-refractivity contribution in [3.05, 3.63) is 29.3 Å². The second-order valence-corrected chi connectivity index (χ2v) is 10.0. The summed E-state index contributed by atoms with van der Waals surface area (Å²) in [5.74, 6) is 0. The lowest BCUT2D eigenvalue weighted by atomic mass is 10.1. The Balaban J connectivity index is 3.04. The molecule has 21 heavy (non-hydrogen) atoms. The standard InChI is InChI=1S/C13H22N2O4S2/c1-10-7-11(8-14)5-6-12(10)21(18,19)15-9-13(2,3)20(4,16)17/h5-7,15H,8-9,14H2,1-4H3. The van der Waals surface area contributed by atoms with E-state index in [4.69, 9.17) is 5.73 Å². The molecule has 0 amide bonds. The number of aryl methyl sites for hydroxylation is 1. The van der Waals surface area contributed by atoms with Crippen molar-refractivity contribution in [3.63, 3.8) is 0 Å². The third-order valence-electron chi connectivity index (χ3n) is 3.46. The minimum Gasteiger partial charge on any atom is -0.326 e. The summed E-state index contributed by atoms with van der Waals surface area (Å²) < 4.78 is 49.0. The molecule has 0 radical (unpaired) electrons. The fourth-order valence-electron chi connectivity index (χ4n) is 1.62. The molecular formula is C13H22N2O4S2. The van der Waals surface area contributed by atoms with Gasteiger partial charge in [0.05, 0.1) is 9.64 Å². The number of hydrogen-bond acceptors (Lipinski definition) is 5. The van der Waals surface area contributed by atoms with Crippen LogP contribution in [0.15, 0.2) is 23.1 Å². The van der Waals surface area contributed by atoms with E-state index in [0.717, 1.165) is 11.8 Å². The van der Waals surface area contributed by atoms with Crippen LogP contribution >= 0.6 is 0 Å². The smallest absolute Gasteiger partial charge is 0.240 e. The van der Waals surface area contributed by atoms with Crippen LogP contribution in [0.2, 0.25) is 0 Å². The third-order valence-corrected chi connectivity index (χ3v) is 7.17. The quantitative estimate of drug-likeness (QED) is 0.790. The highest BCUT2D eigenvalue weighted by Crippen LogP contribution is 2.19. The number of sulfone groups is 1. The van der Waals surface area contributed by atoms with E-state index in [1.54, 1.807) is 19.1 Å². The average Bonchev–Trinajstić information content (AvgIpc) is 2.34. The molecule has 0 heterocycles. The zero-order valence-electron chi connectivity index (χ0n) is 12.7. The second-order valence-electron chi connectivity index (χ2n) is 5.66. The first-order valence-corrected chi connectivity index (χ1v) is 9.77. The van der Waals surface area contributed by atoms with E-state index < -0.39 is 24.6 Å². The maximum atomic E-state index is 12.3. The predicted molar refractivity (Wildman–Crippen MR) is 83.2 cm³/mol. The first-order chi connectivity index (χ1) is 9.40. The Labute approximate surface area is 126 Å². The summed E-state index contributed by atoms with van der Waals surface area (Å²) in [5.41, 5.74) is 6.92. The molecule has 0 spiro atoms. The second kappa shape index (κ2) is 6.04. The molecule has 0 unspecified atom stereocenters. The topological polar surface area (TPSA) is 106 Å². The Bertz CT molecular complexity index is 723. The summed E-state index contributed by atoms with van der Waals surface area (Å²) in [4.78, 5) is 0.129. The van der Waals surface area contributed by atoms with Gasteiger partial charge in [-0.25, -0.2) is 21.6 Å². The van der Waals surface area contributed by atoms with Crippen LogP contribution in [0, 0.1) is 6.92 Å². The van der Waals surface area contributed by atoms with Gasteiger partial charge in [-0.05, 0) is 38.0 Å². The molecule has 0 aliphatic heterocycles. The van der Waals surface area contributed by atoms with E-state index in [2.05, 4.69) is 4.72 Å². The lowest BCUT2D eigenvalue weighted by Crippen LogP contribution is -2.43. The Morgan fingerprint density at radius 1 is 1.19 bits per heavy atom. The number of nitrogens with one attached hydrogen (secondary N) is 1. The van der Waals surface area contributed by atoms with Gasteiger partial charge in [0.25, 0.3) is 0 Å². The highest BCUT2D eigenvalue weighted by molar-refractivity contribution is 7.92. The summed E-state index contributed by atoms with van der Waals surface area (Å²) in [7, 11) is -7.14. The highest BCUT2D eigenvalue weighted by atomic mass is 32.2. The van der Waals surface area contributed by atoms with Gasteiger partial charge >= 0.3 is 0 Å². The van der Waals surface area contributed by atoms with Crippen LogP contribution in [0.25, 0.3) is 0 Å². The Hall–Kier alpha value is -0.960. The predicted octanol–water partition coefficient (Wildman–Crippen LogP) is 0.555. The van der Waals surface area contributed by atoms with Gasteiger partial charge in [-0.1, -0.05) is 12.1 Å². The van der Waals surface area contributed by atoms with Gasteiger partial charge in [-0.2, -0.15) is 0 Å². The molecule has 0 saturated heterocycles. The number of sulfonamides is 1. The van der Waals surface area contributed by atoms with Gasteiger partial charge in [-0.3, -0.25) is 0 Å². The van der Waals surface area contributed by atoms with E-state index in [-0.39, 0.29) is 11.4 Å². The molecule has 0 atom stereocenters. The van der Waals surface area contributed by atoms with Gasteiger partial charge in [0.15, 0.2) is 9.84 Å². The number of nitrogens with two attached hydrogens (primary N) is 1. The van der Waals surface area contributed by atoms with E-state index in [1.165, 1.54) is 19.9 Å². The minimum atomic E-state index is -3.76. The fourth-order valence-corrected chi connectivity index (χ4v) is 3.48. The van der Waals surface area contributed by atoms with Crippen LogP contribution in [-0.4, -0.2) is 34.4 Å². The van der Waals surface area contributed by atoms with Crippen molar-refractivity contribution in [3.8, 4) is 0 Å². The van der Waals surface area contributed by atoms with Crippen LogP contribution < -0.4 is 10.5 Å². The van der Waals surface area contributed by atoms with E-state index >= 15 is 0 Å². The SMILES string of the molecule is Cc1cc(CN)ccc1S(=O)(=O)NCC(C)(C)S(C)(=O)=O. The first-order valence-electron chi connectivity index (χ1n) is 6.39. The van der Waals surface area contributed by atoms with E-state index in [1.807, 2.05) is 0 Å². The molecule has 8 heteroatoms. The molecule has 1 aromatic rings. The minimum absolute atomic E-state index is 0.129. The zero-order chi connectivity index (χ0) is 16.5. The third kappa shape index (κ3) is 4.26. The Morgan fingerprint density at radius 2 is 1.76 bits per heavy atom. The zero-order valence-corrected chi connectivity index (χ0v) is 14.3. The van der Waals surface area contributed by atoms with Gasteiger partial charge < -0.3 is 5.73 Å². The molecule has 0 bridgehead atoms. The molecule has 1 aromatic carbocycles. The van der Waals surface area contributed by atoms with Crippen molar-refractivity contribution in [2.24, 2.45) is 5.73 Å². The number of hydrogen-bond donors (Lipinski definition) is 2. The first kappa shape index (κ1) is 18.1. The van der Waals surface area contributed by atoms with Crippen molar-refractivity contribution in [2.45, 2.75) is 37.0 Å². The average molecular weight is 334 g/mol. The van der Waals surface area contributed by atoms with Crippen molar-refractivity contribution in [2.75, 3.05) is 12.8 Å². The summed E-state index contributed by atoms with van der Waals surface area (Å²) in [6, 6.07) is 4.83. The largest absolute Gasteiger partial charge is 0.326 e. The van der Waals surface area contributed by atoms with Crippen LogP contribution in [0.3, 0.4) is 0 Å². The normalized spacial score (nSPS) is 13.4. The molecule has 0 aromatic heterocycles. The fraction of sp³-hybridized carbons (Fsp3) is 0.538. The van der Waals surface area contributed by atoms with Crippen LogP contribution in [0.1, 0.15) is 25.0 Å². The molecule has 0 saturated carbocycles. The summed E-state index contributed by atoms with van der Waals surface area (Å²) in [6.07, 6.45) is 1.09. The van der Waals surface area contributed by atoms with Gasteiger partial charge in [0.1, 0.15) is 0 Å². The molecule has 0 aliphatic carbocycles. The lowest BCUT2D eigenvalue weighted by molar-refractivity contribution is 0.537. The van der Waals surface area contributed by atoms with Crippen molar-refractivity contribution >= 4 is 19.9 Å². The number of rotatable bonds is 6. The molecule has 3 N–H and O–H groups in total. The van der Waals surface area contributed by atoms with Crippen LogP contribution in [-0.2, 0) is 26.4 Å². The maximum absolute atomic E-state index is 12.3. The molecule has 1 rings (SSSR count). The highest BCUT2D eigenvalue weighted by Gasteiger charge is 2.32. The van der Waals surface area contributed by atoms with Gasteiger partial charge in [0, 0.05) is 19.3 Å². The van der Waals surface area contributed by atoms with Gasteiger partial charge in [-0.15, -0.1) is 0 Å². The molecular weight excluding hydrogens is 312 g/mol. The van der Waals surface area contributed by atoms with Crippen molar-refractivity contribution in [1.82, 2.24) is 4.72 Å².